The van der Waals surface area contributed by atoms with Crippen LogP contribution < -0.4 is 10.5 Å². The molecule has 3 rings (SSSR count). The summed E-state index contributed by atoms with van der Waals surface area (Å²) in [7, 11) is 0. The molecule has 0 unspecified atom stereocenters. The number of fused-ring (bicyclic) bond motifs is 1. The first-order valence-corrected chi connectivity index (χ1v) is 6.59. The van der Waals surface area contributed by atoms with E-state index in [9.17, 15) is 4.79 Å². The highest BCUT2D eigenvalue weighted by Crippen LogP contribution is 2.27. The van der Waals surface area contributed by atoms with E-state index >= 15 is 0 Å². The van der Waals surface area contributed by atoms with Crippen LogP contribution >= 0.6 is 11.6 Å². The van der Waals surface area contributed by atoms with Crippen molar-refractivity contribution < 1.29 is 0 Å². The second-order valence-electron chi connectivity index (χ2n) is 4.84. The fourth-order valence-electron chi connectivity index (χ4n) is 2.48. The maximum Gasteiger partial charge on any atom is 0.285 e. The van der Waals surface area contributed by atoms with Crippen molar-refractivity contribution in [2.24, 2.45) is 0 Å². The van der Waals surface area contributed by atoms with Gasteiger partial charge >= 0.3 is 0 Å². The van der Waals surface area contributed by atoms with E-state index in [1.165, 1.54) is 16.7 Å². The number of nitrogens with zero attached hydrogens (tertiary/aromatic N) is 2. The van der Waals surface area contributed by atoms with E-state index in [0.29, 0.717) is 5.69 Å². The average molecular weight is 276 g/mol. The van der Waals surface area contributed by atoms with Gasteiger partial charge < -0.3 is 4.90 Å². The van der Waals surface area contributed by atoms with Crippen LogP contribution in [-0.4, -0.2) is 16.7 Å². The van der Waals surface area contributed by atoms with Gasteiger partial charge in [0.2, 0.25) is 0 Å². The summed E-state index contributed by atoms with van der Waals surface area (Å²) >= 11 is 6.05. The van der Waals surface area contributed by atoms with E-state index in [1.807, 2.05) is 0 Å². The highest BCUT2D eigenvalue weighted by atomic mass is 35.5. The minimum absolute atomic E-state index is 0.213. The first-order valence-electron chi connectivity index (χ1n) is 6.21. The Balaban J connectivity index is 1.96. The zero-order valence-corrected chi connectivity index (χ0v) is 11.4. The van der Waals surface area contributed by atoms with Gasteiger partial charge in [0.05, 0.1) is 11.9 Å². The molecule has 1 N–H and O–H groups in total. The van der Waals surface area contributed by atoms with Crippen molar-refractivity contribution in [2.45, 2.75) is 19.9 Å². The molecule has 5 heteroatoms. The molecule has 0 radical (unpaired) electrons. The Kier molecular flexibility index (Phi) is 3.03. The Labute approximate surface area is 116 Å². The number of rotatable bonds is 1. The molecule has 2 heterocycles. The summed E-state index contributed by atoms with van der Waals surface area (Å²) in [6.07, 6.45) is 2.57. The number of aryl methyl sites for hydroxylation is 1. The lowest BCUT2D eigenvalue weighted by atomic mass is 9.97. The molecule has 0 saturated heterocycles. The second-order valence-corrected chi connectivity index (χ2v) is 5.22. The molecular formula is C14H14ClN3O. The highest BCUT2D eigenvalue weighted by Gasteiger charge is 2.19. The number of halogens is 1. The normalized spacial score (nSPS) is 14.3. The number of aromatic amines is 1. The van der Waals surface area contributed by atoms with Crippen LogP contribution in [0.5, 0.6) is 0 Å². The Hall–Kier alpha value is -1.81. The summed E-state index contributed by atoms with van der Waals surface area (Å²) in [5.74, 6) is 0. The lowest BCUT2D eigenvalue weighted by Gasteiger charge is -2.30. The SMILES string of the molecule is Cc1ccc2c(c1)CCN(c1cn[nH]c(=O)c1Cl)C2. The Morgan fingerprint density at radius 3 is 3.05 bits per heavy atom. The monoisotopic (exact) mass is 275 g/mol. The van der Waals surface area contributed by atoms with Gasteiger partial charge in [-0.1, -0.05) is 35.4 Å². The predicted octanol–water partition coefficient (Wildman–Crippen LogP) is 2.29. The number of hydrogen-bond donors (Lipinski definition) is 1. The first kappa shape index (κ1) is 12.2. The highest BCUT2D eigenvalue weighted by molar-refractivity contribution is 6.32. The summed E-state index contributed by atoms with van der Waals surface area (Å²) in [6.45, 7) is 3.71. The molecule has 4 nitrogen and oxygen atoms in total. The van der Waals surface area contributed by atoms with Gasteiger partial charge in [0.15, 0.2) is 0 Å². The summed E-state index contributed by atoms with van der Waals surface area (Å²) < 4.78 is 0. The first-order chi connectivity index (χ1) is 9.15. The van der Waals surface area contributed by atoms with E-state index in [1.54, 1.807) is 6.20 Å². The van der Waals surface area contributed by atoms with Gasteiger partial charge in [-0.05, 0) is 24.5 Å². The fraction of sp³-hybridized carbons (Fsp3) is 0.286. The zero-order chi connectivity index (χ0) is 13.4. The molecule has 0 atom stereocenters. The molecular weight excluding hydrogens is 262 g/mol. The molecule has 2 aromatic rings. The van der Waals surface area contributed by atoms with Crippen LogP contribution in [0.4, 0.5) is 5.69 Å². The number of aromatic nitrogens is 2. The Bertz CT molecular complexity index is 681. The van der Waals surface area contributed by atoms with Crippen LogP contribution in [0.2, 0.25) is 5.02 Å². The van der Waals surface area contributed by atoms with Crippen LogP contribution in [0, 0.1) is 6.92 Å². The van der Waals surface area contributed by atoms with E-state index < -0.39 is 0 Å². The van der Waals surface area contributed by atoms with Crippen molar-refractivity contribution in [2.75, 3.05) is 11.4 Å². The number of H-pyrrole nitrogens is 1. The molecule has 1 aliphatic heterocycles. The van der Waals surface area contributed by atoms with Gasteiger partial charge in [0.1, 0.15) is 5.02 Å². The Morgan fingerprint density at radius 2 is 2.21 bits per heavy atom. The molecule has 0 aliphatic carbocycles. The molecule has 98 valence electrons. The van der Waals surface area contributed by atoms with Crippen LogP contribution in [-0.2, 0) is 13.0 Å². The predicted molar refractivity (Wildman–Crippen MR) is 75.8 cm³/mol. The fourth-order valence-corrected chi connectivity index (χ4v) is 2.69. The number of nitrogens with one attached hydrogen (secondary N) is 1. The quantitative estimate of drug-likeness (QED) is 0.869. The smallest absolute Gasteiger partial charge is 0.285 e. The molecule has 0 fully saturated rings. The van der Waals surface area contributed by atoms with Gasteiger partial charge in [-0.25, -0.2) is 5.10 Å². The van der Waals surface area contributed by atoms with Crippen LogP contribution in [0.15, 0.2) is 29.2 Å². The summed E-state index contributed by atoms with van der Waals surface area (Å²) in [5, 5.41) is 6.38. The standard InChI is InChI=1S/C14H14ClN3O/c1-9-2-3-11-8-18(5-4-10(11)6-9)12-7-16-17-14(19)13(12)15/h2-3,6-7H,4-5,8H2,1H3,(H,17,19). The lowest BCUT2D eigenvalue weighted by molar-refractivity contribution is 0.726. The van der Waals surface area contributed by atoms with Gasteiger partial charge in [0.25, 0.3) is 5.56 Å². The van der Waals surface area contributed by atoms with Crippen molar-refractivity contribution in [3.8, 4) is 0 Å². The van der Waals surface area contributed by atoms with Crippen molar-refractivity contribution in [3.63, 3.8) is 0 Å². The van der Waals surface area contributed by atoms with Crippen molar-refractivity contribution in [1.29, 1.82) is 0 Å². The third-order valence-electron chi connectivity index (χ3n) is 3.49. The average Bonchev–Trinajstić information content (AvgIpc) is 2.41. The molecule has 19 heavy (non-hydrogen) atoms. The lowest BCUT2D eigenvalue weighted by Crippen LogP contribution is -2.32. The van der Waals surface area contributed by atoms with Crippen LogP contribution in [0.1, 0.15) is 16.7 Å². The van der Waals surface area contributed by atoms with Crippen molar-refractivity contribution in [1.82, 2.24) is 10.2 Å². The van der Waals surface area contributed by atoms with Gasteiger partial charge in [-0.3, -0.25) is 4.79 Å². The van der Waals surface area contributed by atoms with E-state index in [2.05, 4.69) is 40.2 Å². The number of benzene rings is 1. The van der Waals surface area contributed by atoms with E-state index in [0.717, 1.165) is 19.5 Å². The minimum atomic E-state index is -0.339. The van der Waals surface area contributed by atoms with Gasteiger partial charge in [-0.15, -0.1) is 0 Å². The van der Waals surface area contributed by atoms with Crippen LogP contribution in [0.3, 0.4) is 0 Å². The molecule has 0 spiro atoms. The van der Waals surface area contributed by atoms with E-state index in [-0.39, 0.29) is 10.6 Å². The van der Waals surface area contributed by atoms with Gasteiger partial charge in [-0.2, -0.15) is 5.10 Å². The zero-order valence-electron chi connectivity index (χ0n) is 10.6. The maximum atomic E-state index is 11.5. The number of anilines is 1. The third-order valence-corrected chi connectivity index (χ3v) is 3.86. The minimum Gasteiger partial charge on any atom is -0.364 e. The molecule has 1 aromatic heterocycles. The van der Waals surface area contributed by atoms with E-state index in [4.69, 9.17) is 11.6 Å². The Morgan fingerprint density at radius 1 is 1.37 bits per heavy atom. The summed E-state index contributed by atoms with van der Waals surface area (Å²) in [6, 6.07) is 6.48. The molecule has 0 saturated carbocycles. The van der Waals surface area contributed by atoms with Crippen molar-refractivity contribution in [3.05, 3.63) is 56.5 Å². The second kappa shape index (κ2) is 4.70. The topological polar surface area (TPSA) is 49.0 Å². The maximum absolute atomic E-state index is 11.5. The largest absolute Gasteiger partial charge is 0.364 e. The van der Waals surface area contributed by atoms with Gasteiger partial charge in [0, 0.05) is 13.1 Å². The molecule has 0 bridgehead atoms. The molecule has 1 aliphatic rings. The molecule has 0 amide bonds. The van der Waals surface area contributed by atoms with Crippen molar-refractivity contribution >= 4 is 17.3 Å². The summed E-state index contributed by atoms with van der Waals surface area (Å²) in [4.78, 5) is 13.6. The van der Waals surface area contributed by atoms with Crippen LogP contribution in [0.25, 0.3) is 0 Å². The number of hydrogen-bond acceptors (Lipinski definition) is 3. The molecule has 1 aromatic carbocycles. The third kappa shape index (κ3) is 2.24. The summed E-state index contributed by atoms with van der Waals surface area (Å²) in [5.41, 5.74) is 4.31.